The highest BCUT2D eigenvalue weighted by Gasteiger charge is 2.10. The zero-order chi connectivity index (χ0) is 7.94. The van der Waals surface area contributed by atoms with Gasteiger partial charge in [0, 0.05) is 0 Å². The highest BCUT2D eigenvalue weighted by molar-refractivity contribution is 4.84. The lowest BCUT2D eigenvalue weighted by atomic mass is 9.87. The van der Waals surface area contributed by atoms with Crippen molar-refractivity contribution in [3.63, 3.8) is 0 Å². The number of hydrogen-bond donors (Lipinski definition) is 0. The fourth-order valence-electron chi connectivity index (χ4n) is 1.78. The molecule has 0 nitrogen and oxygen atoms in total. The van der Waals surface area contributed by atoms with E-state index in [0.717, 1.165) is 5.92 Å². The Balaban J connectivity index is 2.19. The van der Waals surface area contributed by atoms with Gasteiger partial charge in [-0.2, -0.15) is 0 Å². The smallest absolute Gasteiger partial charge is 0.0246 e. The summed E-state index contributed by atoms with van der Waals surface area (Å²) in [6.07, 6.45) is 12.7. The van der Waals surface area contributed by atoms with Crippen LogP contribution >= 0.6 is 0 Å². The monoisotopic (exact) mass is 150 g/mol. The zero-order valence-electron chi connectivity index (χ0n) is 7.47. The van der Waals surface area contributed by atoms with Crippen LogP contribution in [0.5, 0.6) is 0 Å². The second-order valence-corrected chi connectivity index (χ2v) is 3.40. The van der Waals surface area contributed by atoms with E-state index in [9.17, 15) is 0 Å². The van der Waals surface area contributed by atoms with Crippen LogP contribution in [0.3, 0.4) is 0 Å². The van der Waals surface area contributed by atoms with Gasteiger partial charge in [0.05, 0.1) is 0 Å². The van der Waals surface area contributed by atoms with E-state index in [-0.39, 0.29) is 0 Å². The second kappa shape index (κ2) is 5.21. The minimum atomic E-state index is 0.969. The van der Waals surface area contributed by atoms with Gasteiger partial charge in [-0.05, 0) is 31.4 Å². The Morgan fingerprint density at radius 1 is 1.27 bits per heavy atom. The number of rotatable bonds is 2. The Morgan fingerprint density at radius 2 is 2.00 bits per heavy atom. The van der Waals surface area contributed by atoms with Crippen molar-refractivity contribution in [3.8, 4) is 0 Å². The van der Waals surface area contributed by atoms with Gasteiger partial charge < -0.3 is 0 Å². The van der Waals surface area contributed by atoms with Crippen LogP contribution in [0.15, 0.2) is 17.9 Å². The fraction of sp³-hybridized carbons (Fsp3) is 0.727. The molecule has 0 aromatic rings. The molecular weight excluding hydrogens is 132 g/mol. The van der Waals surface area contributed by atoms with Crippen molar-refractivity contribution in [1.29, 1.82) is 0 Å². The van der Waals surface area contributed by atoms with Crippen LogP contribution in [0.1, 0.15) is 45.4 Å². The summed E-state index contributed by atoms with van der Waals surface area (Å²) in [4.78, 5) is 0. The van der Waals surface area contributed by atoms with E-state index in [1.54, 1.807) is 0 Å². The second-order valence-electron chi connectivity index (χ2n) is 3.40. The van der Waals surface area contributed by atoms with Gasteiger partial charge >= 0.3 is 0 Å². The van der Waals surface area contributed by atoms with E-state index in [4.69, 9.17) is 0 Å². The summed E-state index contributed by atoms with van der Waals surface area (Å²) in [6, 6.07) is 0. The summed E-state index contributed by atoms with van der Waals surface area (Å²) in [5, 5.41) is 0. The van der Waals surface area contributed by atoms with E-state index in [0.29, 0.717) is 0 Å². The Kier molecular flexibility index (Phi) is 4.08. The molecule has 0 aliphatic heterocycles. The molecule has 0 heterocycles. The van der Waals surface area contributed by atoms with Crippen molar-refractivity contribution in [3.05, 3.63) is 17.9 Å². The first-order chi connectivity index (χ1) is 5.43. The maximum Gasteiger partial charge on any atom is -0.0246 e. The third-order valence-corrected chi connectivity index (χ3v) is 2.46. The Hall–Kier alpha value is -0.480. The average molecular weight is 150 g/mol. The van der Waals surface area contributed by atoms with E-state index < -0.39 is 0 Å². The zero-order valence-corrected chi connectivity index (χ0v) is 7.47. The lowest BCUT2D eigenvalue weighted by molar-refractivity contribution is 0.361. The van der Waals surface area contributed by atoms with E-state index in [2.05, 4.69) is 11.8 Å². The topological polar surface area (TPSA) is 0 Å². The van der Waals surface area contributed by atoms with Crippen molar-refractivity contribution in [2.75, 3.05) is 0 Å². The summed E-state index contributed by atoms with van der Waals surface area (Å²) in [5.74, 6) is 0.969. The summed E-state index contributed by atoms with van der Waals surface area (Å²) in [6.45, 7) is 2.03. The van der Waals surface area contributed by atoms with Gasteiger partial charge in [0.15, 0.2) is 0 Å². The normalized spacial score (nSPS) is 19.0. The van der Waals surface area contributed by atoms with Gasteiger partial charge in [-0.1, -0.05) is 32.1 Å². The van der Waals surface area contributed by atoms with Gasteiger partial charge in [0.2, 0.25) is 0 Å². The summed E-state index contributed by atoms with van der Waals surface area (Å²) in [5.41, 5.74) is 3.15. The van der Waals surface area contributed by atoms with Crippen LogP contribution in [0.25, 0.3) is 0 Å². The molecular formula is C11H18. The van der Waals surface area contributed by atoms with Crippen LogP contribution in [-0.4, -0.2) is 0 Å². The minimum Gasteiger partial charge on any atom is -0.130 e. The molecule has 1 aliphatic rings. The first kappa shape index (κ1) is 8.62. The molecule has 0 aromatic carbocycles. The Morgan fingerprint density at radius 3 is 2.64 bits per heavy atom. The predicted octanol–water partition coefficient (Wildman–Crippen LogP) is 3.69. The third-order valence-electron chi connectivity index (χ3n) is 2.46. The van der Waals surface area contributed by atoms with Crippen molar-refractivity contribution >= 4 is 0 Å². The predicted molar refractivity (Wildman–Crippen MR) is 49.5 cm³/mol. The molecule has 0 radical (unpaired) electrons. The van der Waals surface area contributed by atoms with Gasteiger partial charge in [-0.3, -0.25) is 0 Å². The van der Waals surface area contributed by atoms with Crippen LogP contribution < -0.4 is 0 Å². The van der Waals surface area contributed by atoms with Gasteiger partial charge in [0.25, 0.3) is 0 Å². The van der Waals surface area contributed by atoms with Crippen LogP contribution in [0, 0.1) is 5.92 Å². The molecule has 0 aromatic heterocycles. The molecule has 0 unspecified atom stereocenters. The highest BCUT2D eigenvalue weighted by atomic mass is 14.2. The van der Waals surface area contributed by atoms with E-state index in [1.165, 1.54) is 38.5 Å². The largest absolute Gasteiger partial charge is 0.130 e. The van der Waals surface area contributed by atoms with Crippen LogP contribution in [0.2, 0.25) is 0 Å². The lowest BCUT2D eigenvalue weighted by Gasteiger charge is -2.19. The molecule has 0 heteroatoms. The fourth-order valence-corrected chi connectivity index (χ4v) is 1.78. The molecule has 0 bridgehead atoms. The molecule has 0 spiro atoms. The van der Waals surface area contributed by atoms with Gasteiger partial charge in [-0.25, -0.2) is 0 Å². The molecule has 62 valence electrons. The Bertz CT molecular complexity index is 143. The van der Waals surface area contributed by atoms with E-state index in [1.807, 2.05) is 13.0 Å². The summed E-state index contributed by atoms with van der Waals surface area (Å²) >= 11 is 0. The molecule has 1 fully saturated rings. The molecule has 1 aliphatic carbocycles. The molecule has 1 rings (SSSR count). The number of allylic oxidation sites excluding steroid dienone is 1. The van der Waals surface area contributed by atoms with E-state index >= 15 is 0 Å². The SMILES string of the molecule is CC=C=CCC1CCCCC1. The Labute approximate surface area is 70.0 Å². The minimum absolute atomic E-state index is 0.969. The van der Waals surface area contributed by atoms with Crippen LogP contribution in [-0.2, 0) is 0 Å². The van der Waals surface area contributed by atoms with Crippen molar-refractivity contribution in [1.82, 2.24) is 0 Å². The van der Waals surface area contributed by atoms with Gasteiger partial charge in [0.1, 0.15) is 0 Å². The standard InChI is InChI=1S/C11H18/c1-2-3-5-8-11-9-6-4-7-10-11/h2,5,11H,4,6-10H2,1H3. The third kappa shape index (κ3) is 3.43. The first-order valence-electron chi connectivity index (χ1n) is 4.79. The quantitative estimate of drug-likeness (QED) is 0.527. The maximum absolute atomic E-state index is 3.15. The molecule has 11 heavy (non-hydrogen) atoms. The molecule has 0 amide bonds. The van der Waals surface area contributed by atoms with Gasteiger partial charge in [-0.15, -0.1) is 5.73 Å². The molecule has 1 saturated carbocycles. The first-order valence-corrected chi connectivity index (χ1v) is 4.79. The maximum atomic E-state index is 3.15. The lowest BCUT2D eigenvalue weighted by Crippen LogP contribution is -2.04. The number of hydrogen-bond acceptors (Lipinski definition) is 0. The molecule has 0 N–H and O–H groups in total. The molecule has 0 atom stereocenters. The van der Waals surface area contributed by atoms with Crippen molar-refractivity contribution in [2.45, 2.75) is 45.4 Å². The molecule has 0 saturated heterocycles. The van der Waals surface area contributed by atoms with Crippen molar-refractivity contribution in [2.24, 2.45) is 5.92 Å². The van der Waals surface area contributed by atoms with Crippen LogP contribution in [0.4, 0.5) is 0 Å². The van der Waals surface area contributed by atoms with Crippen molar-refractivity contribution < 1.29 is 0 Å². The summed E-state index contributed by atoms with van der Waals surface area (Å²) in [7, 11) is 0. The average Bonchev–Trinajstić information content (AvgIpc) is 2.07. The summed E-state index contributed by atoms with van der Waals surface area (Å²) < 4.78 is 0. The highest BCUT2D eigenvalue weighted by Crippen LogP contribution is 2.26.